The van der Waals surface area contributed by atoms with Crippen molar-refractivity contribution in [2.75, 3.05) is 26.9 Å². The maximum absolute atomic E-state index is 5.67. The van der Waals surface area contributed by atoms with Gasteiger partial charge in [0.2, 0.25) is 0 Å². The summed E-state index contributed by atoms with van der Waals surface area (Å²) in [6.07, 6.45) is 3.48. The Hall–Kier alpha value is -0.120. The van der Waals surface area contributed by atoms with Crippen molar-refractivity contribution in [1.82, 2.24) is 5.32 Å². The van der Waals surface area contributed by atoms with E-state index in [1.165, 1.54) is 12.8 Å². The normalized spacial score (nSPS) is 24.7. The summed E-state index contributed by atoms with van der Waals surface area (Å²) in [5, 5.41) is 3.71. The molecule has 0 aliphatic carbocycles. The van der Waals surface area contributed by atoms with E-state index >= 15 is 0 Å². The van der Waals surface area contributed by atoms with Crippen LogP contribution >= 0.6 is 0 Å². The molecule has 1 heterocycles. The Balaban J connectivity index is 2.44. The molecule has 0 aromatic heterocycles. The van der Waals surface area contributed by atoms with E-state index in [0.717, 1.165) is 38.0 Å². The summed E-state index contributed by atoms with van der Waals surface area (Å²) in [5.74, 6) is 1.47. The summed E-state index contributed by atoms with van der Waals surface area (Å²) < 4.78 is 11.2. The van der Waals surface area contributed by atoms with Gasteiger partial charge < -0.3 is 14.8 Å². The maximum Gasteiger partial charge on any atom is 0.106 e. The van der Waals surface area contributed by atoms with Crippen LogP contribution in [-0.4, -0.2) is 38.5 Å². The second-order valence-corrected chi connectivity index (χ2v) is 6.53. The summed E-state index contributed by atoms with van der Waals surface area (Å²) in [6, 6.07) is 0.595. The molecule has 0 spiro atoms. The van der Waals surface area contributed by atoms with E-state index in [2.05, 4.69) is 33.0 Å². The van der Waals surface area contributed by atoms with E-state index < -0.39 is 0 Å². The van der Waals surface area contributed by atoms with E-state index in [9.17, 15) is 0 Å². The molecule has 0 aromatic rings. The van der Waals surface area contributed by atoms with Gasteiger partial charge in [0, 0.05) is 32.7 Å². The van der Waals surface area contributed by atoms with Crippen LogP contribution in [0, 0.1) is 11.8 Å². The van der Waals surface area contributed by atoms with Gasteiger partial charge in [0.1, 0.15) is 5.60 Å². The minimum atomic E-state index is -0.0911. The molecule has 1 saturated heterocycles. The van der Waals surface area contributed by atoms with Crippen molar-refractivity contribution in [3.63, 3.8) is 0 Å². The molecule has 1 fully saturated rings. The number of methoxy groups -OCH3 is 1. The highest BCUT2D eigenvalue weighted by Crippen LogP contribution is 2.22. The largest absolute Gasteiger partial charge is 0.378 e. The second-order valence-electron chi connectivity index (χ2n) is 6.53. The summed E-state index contributed by atoms with van der Waals surface area (Å²) in [4.78, 5) is 0. The molecule has 0 radical (unpaired) electrons. The van der Waals surface area contributed by atoms with Gasteiger partial charge in [-0.15, -0.1) is 0 Å². The van der Waals surface area contributed by atoms with Gasteiger partial charge in [-0.2, -0.15) is 0 Å². The van der Waals surface area contributed by atoms with Crippen LogP contribution < -0.4 is 5.32 Å². The highest BCUT2D eigenvalue weighted by Gasteiger charge is 2.35. The highest BCUT2D eigenvalue weighted by molar-refractivity contribution is 4.88. The predicted octanol–water partition coefficient (Wildman–Crippen LogP) is 2.84. The number of rotatable bonds is 8. The standard InChI is InChI=1S/C15H31NO2/c1-12(2)8-14(9-13(3)4)16-10-15(17-5)6-7-18-11-15/h12-14,16H,6-11H2,1-5H3. The lowest BCUT2D eigenvalue weighted by atomic mass is 9.94. The first kappa shape index (κ1) is 15.9. The average molecular weight is 257 g/mol. The summed E-state index contributed by atoms with van der Waals surface area (Å²) >= 11 is 0. The molecule has 18 heavy (non-hydrogen) atoms. The van der Waals surface area contributed by atoms with Crippen molar-refractivity contribution in [3.8, 4) is 0 Å². The van der Waals surface area contributed by atoms with E-state index in [1.54, 1.807) is 7.11 Å². The van der Waals surface area contributed by atoms with Crippen LogP contribution in [0.15, 0.2) is 0 Å². The van der Waals surface area contributed by atoms with Gasteiger partial charge in [0.05, 0.1) is 6.61 Å². The first-order valence-corrected chi connectivity index (χ1v) is 7.34. The summed E-state index contributed by atoms with van der Waals surface area (Å²) in [6.45, 7) is 11.6. The van der Waals surface area contributed by atoms with Crippen LogP contribution in [0.2, 0.25) is 0 Å². The van der Waals surface area contributed by atoms with Gasteiger partial charge in [-0.3, -0.25) is 0 Å². The quantitative estimate of drug-likeness (QED) is 0.725. The van der Waals surface area contributed by atoms with E-state index in [1.807, 2.05) is 0 Å². The van der Waals surface area contributed by atoms with E-state index in [0.29, 0.717) is 6.04 Å². The van der Waals surface area contributed by atoms with Crippen LogP contribution in [0.4, 0.5) is 0 Å². The smallest absolute Gasteiger partial charge is 0.106 e. The van der Waals surface area contributed by atoms with Crippen molar-refractivity contribution in [2.45, 2.75) is 58.6 Å². The minimum absolute atomic E-state index is 0.0911. The third-order valence-electron chi connectivity index (χ3n) is 3.72. The first-order valence-electron chi connectivity index (χ1n) is 7.34. The van der Waals surface area contributed by atoms with Crippen molar-refractivity contribution < 1.29 is 9.47 Å². The van der Waals surface area contributed by atoms with Gasteiger partial charge in [-0.25, -0.2) is 0 Å². The zero-order chi connectivity index (χ0) is 13.6. The second kappa shape index (κ2) is 7.46. The predicted molar refractivity (Wildman–Crippen MR) is 75.9 cm³/mol. The van der Waals surface area contributed by atoms with Crippen LogP contribution in [0.1, 0.15) is 47.0 Å². The minimum Gasteiger partial charge on any atom is -0.378 e. The van der Waals surface area contributed by atoms with Crippen LogP contribution in [0.3, 0.4) is 0 Å². The lowest BCUT2D eigenvalue weighted by molar-refractivity contribution is -0.0182. The molecule has 0 amide bonds. The molecule has 0 bridgehead atoms. The topological polar surface area (TPSA) is 30.5 Å². The molecule has 1 unspecified atom stereocenters. The van der Waals surface area contributed by atoms with Crippen molar-refractivity contribution in [1.29, 1.82) is 0 Å². The molecule has 1 rings (SSSR count). The van der Waals surface area contributed by atoms with Gasteiger partial charge in [-0.1, -0.05) is 27.7 Å². The van der Waals surface area contributed by atoms with Crippen LogP contribution in [-0.2, 0) is 9.47 Å². The number of ether oxygens (including phenoxy) is 2. The molecular weight excluding hydrogens is 226 g/mol. The van der Waals surface area contributed by atoms with E-state index in [4.69, 9.17) is 9.47 Å². The SMILES string of the molecule is COC1(CNC(CC(C)C)CC(C)C)CCOC1. The molecule has 3 heteroatoms. The Kier molecular flexibility index (Phi) is 6.61. The molecule has 3 nitrogen and oxygen atoms in total. The number of nitrogens with one attached hydrogen (secondary N) is 1. The summed E-state index contributed by atoms with van der Waals surface area (Å²) in [7, 11) is 1.80. The Labute approximate surface area is 113 Å². The molecule has 108 valence electrons. The zero-order valence-electron chi connectivity index (χ0n) is 12.8. The summed E-state index contributed by atoms with van der Waals surface area (Å²) in [5.41, 5.74) is -0.0911. The van der Waals surface area contributed by atoms with Crippen molar-refractivity contribution in [3.05, 3.63) is 0 Å². The third kappa shape index (κ3) is 5.25. The van der Waals surface area contributed by atoms with E-state index in [-0.39, 0.29) is 5.60 Å². The average Bonchev–Trinajstić information content (AvgIpc) is 2.74. The Morgan fingerprint density at radius 1 is 1.17 bits per heavy atom. The molecule has 1 N–H and O–H groups in total. The fraction of sp³-hybridized carbons (Fsp3) is 1.00. The van der Waals surface area contributed by atoms with Gasteiger partial charge in [0.25, 0.3) is 0 Å². The highest BCUT2D eigenvalue weighted by atomic mass is 16.5. The molecule has 0 saturated carbocycles. The fourth-order valence-corrected chi connectivity index (χ4v) is 2.69. The van der Waals surface area contributed by atoms with Gasteiger partial charge in [-0.05, 0) is 24.7 Å². The van der Waals surface area contributed by atoms with Gasteiger partial charge in [0.15, 0.2) is 0 Å². The molecule has 0 aromatic carbocycles. The van der Waals surface area contributed by atoms with Crippen LogP contribution in [0.5, 0.6) is 0 Å². The van der Waals surface area contributed by atoms with Crippen LogP contribution in [0.25, 0.3) is 0 Å². The van der Waals surface area contributed by atoms with Crippen molar-refractivity contribution >= 4 is 0 Å². The molecular formula is C15H31NO2. The fourth-order valence-electron chi connectivity index (χ4n) is 2.69. The lowest BCUT2D eigenvalue weighted by Gasteiger charge is -2.30. The molecule has 1 aliphatic rings. The Morgan fingerprint density at radius 2 is 1.78 bits per heavy atom. The number of hydrogen-bond acceptors (Lipinski definition) is 3. The molecule has 1 atom stereocenters. The Morgan fingerprint density at radius 3 is 2.17 bits per heavy atom. The Bertz CT molecular complexity index is 213. The first-order chi connectivity index (χ1) is 8.47. The zero-order valence-corrected chi connectivity index (χ0v) is 12.8. The third-order valence-corrected chi connectivity index (χ3v) is 3.72. The van der Waals surface area contributed by atoms with Gasteiger partial charge >= 0.3 is 0 Å². The molecule has 1 aliphatic heterocycles. The number of hydrogen-bond donors (Lipinski definition) is 1. The van der Waals surface area contributed by atoms with Crippen molar-refractivity contribution in [2.24, 2.45) is 11.8 Å². The maximum atomic E-state index is 5.67. The lowest BCUT2D eigenvalue weighted by Crippen LogP contribution is -2.47. The monoisotopic (exact) mass is 257 g/mol.